The summed E-state index contributed by atoms with van der Waals surface area (Å²) in [5, 5.41) is 87.8. The van der Waals surface area contributed by atoms with Crippen molar-refractivity contribution in [3.8, 4) is 0 Å². The van der Waals surface area contributed by atoms with Crippen molar-refractivity contribution in [2.45, 2.75) is 230 Å². The molecular formula is C50H82O17. The number of rotatable bonds is 13. The summed E-state index contributed by atoms with van der Waals surface area (Å²) in [6.45, 7) is 16.7. The molecule has 0 amide bonds. The van der Waals surface area contributed by atoms with Crippen LogP contribution in [0.5, 0.6) is 0 Å². The van der Waals surface area contributed by atoms with E-state index in [9.17, 15) is 45.6 Å². The van der Waals surface area contributed by atoms with E-state index in [2.05, 4.69) is 54.5 Å². The van der Waals surface area contributed by atoms with E-state index in [4.69, 9.17) is 37.9 Å². The number of aliphatic hydroxyl groups excluding tert-OH is 7. The molecule has 4 saturated heterocycles. The normalized spacial score (nSPS) is 53.0. The lowest BCUT2D eigenvalue weighted by molar-refractivity contribution is -0.383. The fourth-order valence-corrected chi connectivity index (χ4v) is 15.0. The van der Waals surface area contributed by atoms with Crippen molar-refractivity contribution in [2.75, 3.05) is 19.8 Å². The minimum Gasteiger partial charge on any atom is -0.388 e. The van der Waals surface area contributed by atoms with Crippen LogP contribution < -0.4 is 0 Å². The Hall–Kier alpha value is -1.23. The summed E-state index contributed by atoms with van der Waals surface area (Å²) in [4.78, 5) is 14.1. The van der Waals surface area contributed by atoms with Gasteiger partial charge in [0, 0.05) is 18.4 Å². The fraction of sp³-hybridized carbons (Fsp3) is 0.940. The molecule has 1 unspecified atom stereocenters. The molecule has 17 nitrogen and oxygen atoms in total. The maximum Gasteiger partial charge on any atom is 0.187 e. The van der Waals surface area contributed by atoms with Gasteiger partial charge >= 0.3 is 0 Å². The first kappa shape index (κ1) is 52.1. The number of carbonyl (C=O) groups is 1. The zero-order valence-corrected chi connectivity index (χ0v) is 40.9. The van der Waals surface area contributed by atoms with Gasteiger partial charge in [0.05, 0.1) is 31.5 Å². The summed E-state index contributed by atoms with van der Waals surface area (Å²) < 4.78 is 49.8. The molecule has 0 aromatic carbocycles. The third-order valence-corrected chi connectivity index (χ3v) is 18.9. The van der Waals surface area contributed by atoms with Crippen molar-refractivity contribution in [1.82, 2.24) is 0 Å². The molecule has 0 aromatic rings. The molecule has 4 aliphatic carbocycles. The molecule has 4 aliphatic heterocycles. The zero-order chi connectivity index (χ0) is 48.6. The minimum absolute atomic E-state index is 0.0128. The third-order valence-electron chi connectivity index (χ3n) is 18.9. The Morgan fingerprint density at radius 2 is 1.36 bits per heavy atom. The van der Waals surface area contributed by atoms with Crippen LogP contribution in [0.2, 0.25) is 0 Å². The van der Waals surface area contributed by atoms with E-state index >= 15 is 0 Å². The number of hydrogen-bond acceptors (Lipinski definition) is 17. The Morgan fingerprint density at radius 3 is 2.06 bits per heavy atom. The number of unbranched alkanes of at least 4 members (excludes halogenated alkanes) is 1. The van der Waals surface area contributed by atoms with Crippen LogP contribution in [0.4, 0.5) is 0 Å². The largest absolute Gasteiger partial charge is 0.388 e. The van der Waals surface area contributed by atoms with Gasteiger partial charge < -0.3 is 83.5 Å². The predicted molar refractivity (Wildman–Crippen MR) is 238 cm³/mol. The van der Waals surface area contributed by atoms with Crippen LogP contribution in [0.15, 0.2) is 11.6 Å². The van der Waals surface area contributed by atoms with Gasteiger partial charge in [0.1, 0.15) is 66.8 Å². The second-order valence-electron chi connectivity index (χ2n) is 23.1. The van der Waals surface area contributed by atoms with Crippen molar-refractivity contribution in [2.24, 2.45) is 45.3 Å². The molecule has 67 heavy (non-hydrogen) atoms. The van der Waals surface area contributed by atoms with Gasteiger partial charge in [-0.3, -0.25) is 0 Å². The van der Waals surface area contributed by atoms with Crippen LogP contribution in [-0.4, -0.2) is 171 Å². The van der Waals surface area contributed by atoms with Crippen LogP contribution in [0.3, 0.4) is 0 Å². The highest BCUT2D eigenvalue weighted by atomic mass is 16.8. The topological polar surface area (TPSA) is 253 Å². The predicted octanol–water partition coefficient (Wildman–Crippen LogP) is 2.62. The average Bonchev–Trinajstić information content (AvgIpc) is 3.80. The smallest absolute Gasteiger partial charge is 0.187 e. The molecule has 0 radical (unpaired) electrons. The lowest BCUT2D eigenvalue weighted by Crippen LogP contribution is -2.67. The Morgan fingerprint density at radius 1 is 0.687 bits per heavy atom. The minimum atomic E-state index is -1.72. The zero-order valence-electron chi connectivity index (χ0n) is 40.9. The van der Waals surface area contributed by atoms with E-state index in [0.29, 0.717) is 25.9 Å². The van der Waals surface area contributed by atoms with E-state index in [0.717, 1.165) is 56.9 Å². The standard InChI is InChI=1S/C50H82O17/c1-9-10-19-60-45-50(59,21-27(64-45)20-25(2)3)29-13-16-47(7)28(29)11-12-33-48(47,8)17-14-32-46(5,6)34(15-18-49(32,33)24-51)65-44-41(67-43-39(58)37(56)35(54)26(4)63-43)40(31(53)23-62-44)66-42-38(57)36(55)30(52)22-61-42/h20,24,26-45,52-59H,9-19,21-23H2,1-8H3/t26-,27+,28+,29-,30+,31+,32-,33-,34-,35-,36-,37+,38+,39+,40-,41+,42-,43-,44-,45-,47+,48+,49+,50?/m0/s1. The number of ether oxygens (including phenoxy) is 8. The van der Waals surface area contributed by atoms with Crippen LogP contribution >= 0.6 is 0 Å². The molecule has 8 fully saturated rings. The molecule has 4 heterocycles. The molecule has 384 valence electrons. The quantitative estimate of drug-likeness (QED) is 0.0572. The first-order valence-corrected chi connectivity index (χ1v) is 25.3. The summed E-state index contributed by atoms with van der Waals surface area (Å²) >= 11 is 0. The monoisotopic (exact) mass is 955 g/mol. The second-order valence-corrected chi connectivity index (χ2v) is 23.1. The molecule has 8 N–H and O–H groups in total. The van der Waals surface area contributed by atoms with Gasteiger partial charge in [-0.2, -0.15) is 0 Å². The summed E-state index contributed by atoms with van der Waals surface area (Å²) in [5.74, 6) is 0.207. The summed E-state index contributed by atoms with van der Waals surface area (Å²) in [7, 11) is 0. The molecule has 4 saturated carbocycles. The lowest BCUT2D eigenvalue weighted by Gasteiger charge is -2.69. The first-order chi connectivity index (χ1) is 31.6. The molecule has 0 bridgehead atoms. The first-order valence-electron chi connectivity index (χ1n) is 25.3. The van der Waals surface area contributed by atoms with Gasteiger partial charge in [0.25, 0.3) is 0 Å². The van der Waals surface area contributed by atoms with Gasteiger partial charge in [0.15, 0.2) is 25.2 Å². The average molecular weight is 955 g/mol. The number of hydrogen-bond donors (Lipinski definition) is 8. The van der Waals surface area contributed by atoms with Crippen molar-refractivity contribution >= 4 is 6.29 Å². The van der Waals surface area contributed by atoms with Gasteiger partial charge in [-0.25, -0.2) is 0 Å². The van der Waals surface area contributed by atoms with Gasteiger partial charge in [-0.1, -0.05) is 52.7 Å². The van der Waals surface area contributed by atoms with Crippen LogP contribution in [-0.2, 0) is 42.7 Å². The highest BCUT2D eigenvalue weighted by Crippen LogP contribution is 2.76. The molecule has 8 aliphatic rings. The molecular weight excluding hydrogens is 873 g/mol. The van der Waals surface area contributed by atoms with Crippen LogP contribution in [0.1, 0.15) is 126 Å². The van der Waals surface area contributed by atoms with Gasteiger partial charge in [0.2, 0.25) is 0 Å². The van der Waals surface area contributed by atoms with Gasteiger partial charge in [-0.05, 0) is 118 Å². The van der Waals surface area contributed by atoms with Crippen molar-refractivity contribution in [3.63, 3.8) is 0 Å². The van der Waals surface area contributed by atoms with E-state index in [-0.39, 0.29) is 53.8 Å². The fourth-order valence-electron chi connectivity index (χ4n) is 15.0. The van der Waals surface area contributed by atoms with Crippen LogP contribution in [0, 0.1) is 45.3 Å². The summed E-state index contributed by atoms with van der Waals surface area (Å²) in [6.07, 6.45) is -8.38. The Balaban J connectivity index is 1.04. The van der Waals surface area contributed by atoms with Crippen molar-refractivity contribution < 1.29 is 83.5 Å². The Kier molecular flexibility index (Phi) is 15.3. The highest BCUT2D eigenvalue weighted by Gasteiger charge is 2.72. The Labute approximate surface area is 395 Å². The number of aldehydes is 1. The Bertz CT molecular complexity index is 1750. The second kappa shape index (κ2) is 19.7. The number of carbonyl (C=O) groups excluding carboxylic acids is 1. The number of allylic oxidation sites excluding steroid dienone is 1. The maximum absolute atomic E-state index is 14.1. The van der Waals surface area contributed by atoms with E-state index in [1.807, 2.05) is 0 Å². The van der Waals surface area contributed by atoms with E-state index < -0.39 is 109 Å². The highest BCUT2D eigenvalue weighted by molar-refractivity contribution is 5.62. The van der Waals surface area contributed by atoms with Crippen molar-refractivity contribution in [1.29, 1.82) is 0 Å². The molecule has 0 aromatic heterocycles. The lowest BCUT2D eigenvalue weighted by atomic mass is 9.35. The SMILES string of the molecule is CCCCO[C@H]1O[C@H](C=C(C)C)CC1(O)[C@H]1CC[C@]2(C)[C@@H]1CC[C@@H]1[C@@]3(C=O)CC[C@H](O[C@@H]4OC[C@@H](O)[C@H](O[C@@H]5OC[C@@H](O)[C@H](O)[C@H]5O)[C@H]4O[C@@H]4O[C@@H](C)[C@H](O)[C@@H](O)[C@H]4O)C(C)(C)[C@@H]3CC[C@]12C. The van der Waals surface area contributed by atoms with E-state index in [1.165, 1.54) is 13.2 Å². The maximum atomic E-state index is 14.1. The molecule has 8 rings (SSSR count). The van der Waals surface area contributed by atoms with Crippen LogP contribution in [0.25, 0.3) is 0 Å². The summed E-state index contributed by atoms with van der Waals surface area (Å²) in [5.41, 5.74) is -1.60. The molecule has 0 spiro atoms. The van der Waals surface area contributed by atoms with Crippen molar-refractivity contribution in [3.05, 3.63) is 11.6 Å². The summed E-state index contributed by atoms with van der Waals surface area (Å²) in [6, 6.07) is 0. The molecule has 24 atom stereocenters. The number of fused-ring (bicyclic) bond motifs is 5. The van der Waals surface area contributed by atoms with Gasteiger partial charge in [-0.15, -0.1) is 0 Å². The number of aliphatic hydroxyl groups is 8. The van der Waals surface area contributed by atoms with E-state index in [1.54, 1.807) is 0 Å². The molecule has 17 heteroatoms. The third kappa shape index (κ3) is 8.85.